The molecular weight excluding hydrogens is 387 g/mol. The molecule has 0 radical (unpaired) electrons. The first-order chi connectivity index (χ1) is 10.4. The number of aromatic nitrogens is 1. The van der Waals surface area contributed by atoms with Crippen molar-refractivity contribution in [3.8, 4) is 6.07 Å². The van der Waals surface area contributed by atoms with E-state index in [1.54, 1.807) is 0 Å². The predicted octanol–water partition coefficient (Wildman–Crippen LogP) is 6.36. The monoisotopic (exact) mass is 389 g/mol. The Kier molecular flexibility index (Phi) is 5.40. The molecule has 110 valence electrons. The molecule has 0 aliphatic carbocycles. The first-order valence-corrected chi connectivity index (χ1v) is 7.56. The van der Waals surface area contributed by atoms with E-state index in [4.69, 9.17) is 64.6 Å². The molecule has 1 heterocycles. The molecule has 1 aromatic carbocycles. The van der Waals surface area contributed by atoms with Gasteiger partial charge in [0, 0.05) is 18.8 Å². The van der Waals surface area contributed by atoms with E-state index in [0.717, 1.165) is 0 Å². The Hall–Kier alpha value is -1.20. The van der Waals surface area contributed by atoms with Gasteiger partial charge in [0.25, 0.3) is 0 Å². The molecular formula is C14H4Cl5N3. The first kappa shape index (κ1) is 17.2. The summed E-state index contributed by atoms with van der Waals surface area (Å²) in [5.74, 6) is 0. The molecule has 0 aliphatic heterocycles. The highest BCUT2D eigenvalue weighted by Crippen LogP contribution is 2.44. The zero-order chi connectivity index (χ0) is 16.4. The summed E-state index contributed by atoms with van der Waals surface area (Å²) < 4.78 is 0. The molecule has 0 atom stereocenters. The molecule has 0 saturated carbocycles. The fourth-order valence-corrected chi connectivity index (χ4v) is 3.20. The van der Waals surface area contributed by atoms with Gasteiger partial charge in [-0.25, -0.2) is 4.85 Å². The molecule has 0 N–H and O–H groups in total. The normalized spacial score (nSPS) is 10.1. The Labute approximate surface area is 151 Å². The summed E-state index contributed by atoms with van der Waals surface area (Å²) >= 11 is 30.5. The molecule has 0 unspecified atom stereocenters. The van der Waals surface area contributed by atoms with Crippen molar-refractivity contribution in [3.05, 3.63) is 65.6 Å². The standard InChI is InChI=1S/C14H4Cl5N3/c1-21-14-12(18)8(3-20)6(11(17)13(14)19)2-7-9(15)4-22-5-10(7)16/h4-5H,2H2. The minimum Gasteiger partial charge on any atom is -0.262 e. The van der Waals surface area contributed by atoms with Crippen LogP contribution in [0.3, 0.4) is 0 Å². The molecule has 8 heteroatoms. The fraction of sp³-hybridized carbons (Fsp3) is 0.0714. The number of rotatable bonds is 2. The van der Waals surface area contributed by atoms with Gasteiger partial charge in [-0.05, 0) is 11.1 Å². The van der Waals surface area contributed by atoms with Crippen LogP contribution in [0.4, 0.5) is 5.69 Å². The molecule has 0 amide bonds. The van der Waals surface area contributed by atoms with Crippen LogP contribution in [-0.4, -0.2) is 4.98 Å². The smallest absolute Gasteiger partial charge is 0.226 e. The first-order valence-electron chi connectivity index (χ1n) is 5.67. The summed E-state index contributed by atoms with van der Waals surface area (Å²) in [4.78, 5) is 7.07. The van der Waals surface area contributed by atoms with E-state index in [-0.39, 0.29) is 32.7 Å². The van der Waals surface area contributed by atoms with Crippen LogP contribution in [0.5, 0.6) is 0 Å². The second-order valence-corrected chi connectivity index (χ2v) is 6.07. The van der Waals surface area contributed by atoms with E-state index in [1.807, 2.05) is 6.07 Å². The van der Waals surface area contributed by atoms with Crippen LogP contribution in [0.2, 0.25) is 25.1 Å². The fourth-order valence-electron chi connectivity index (χ4n) is 1.86. The number of pyridine rings is 1. The summed E-state index contributed by atoms with van der Waals surface area (Å²) in [6.07, 6.45) is 3.00. The molecule has 0 spiro atoms. The molecule has 1 aromatic heterocycles. The maximum absolute atomic E-state index is 9.33. The highest BCUT2D eigenvalue weighted by atomic mass is 35.5. The van der Waals surface area contributed by atoms with Crippen molar-refractivity contribution in [1.29, 1.82) is 5.26 Å². The van der Waals surface area contributed by atoms with Gasteiger partial charge in [0.15, 0.2) is 0 Å². The third kappa shape index (κ3) is 2.97. The third-order valence-electron chi connectivity index (χ3n) is 2.92. The summed E-state index contributed by atoms with van der Waals surface area (Å²) in [5, 5.41) is 10.0. The molecule has 2 aromatic rings. The second kappa shape index (κ2) is 6.92. The maximum Gasteiger partial charge on any atom is 0.226 e. The highest BCUT2D eigenvalue weighted by molar-refractivity contribution is 6.47. The topological polar surface area (TPSA) is 41.0 Å². The van der Waals surface area contributed by atoms with Crippen molar-refractivity contribution in [2.24, 2.45) is 0 Å². The van der Waals surface area contributed by atoms with Crippen molar-refractivity contribution in [2.75, 3.05) is 0 Å². The van der Waals surface area contributed by atoms with E-state index in [1.165, 1.54) is 12.4 Å². The molecule has 2 rings (SSSR count). The molecule has 0 fully saturated rings. The van der Waals surface area contributed by atoms with Gasteiger partial charge in [-0.3, -0.25) is 4.98 Å². The van der Waals surface area contributed by atoms with Crippen LogP contribution in [0.1, 0.15) is 16.7 Å². The van der Waals surface area contributed by atoms with Crippen LogP contribution in [-0.2, 0) is 6.42 Å². The number of halogens is 5. The van der Waals surface area contributed by atoms with Gasteiger partial charge in [-0.1, -0.05) is 58.0 Å². The molecule has 22 heavy (non-hydrogen) atoms. The van der Waals surface area contributed by atoms with Gasteiger partial charge in [-0.15, -0.1) is 0 Å². The van der Waals surface area contributed by atoms with Gasteiger partial charge in [-0.2, -0.15) is 5.26 Å². The van der Waals surface area contributed by atoms with Crippen LogP contribution < -0.4 is 0 Å². The maximum atomic E-state index is 9.33. The third-order valence-corrected chi connectivity index (χ3v) is 4.83. The quantitative estimate of drug-likeness (QED) is 0.441. The molecule has 0 saturated heterocycles. The van der Waals surface area contributed by atoms with Crippen molar-refractivity contribution in [2.45, 2.75) is 6.42 Å². The Bertz CT molecular complexity index is 829. The Morgan fingerprint density at radius 1 is 1.00 bits per heavy atom. The number of nitriles is 1. The Morgan fingerprint density at radius 3 is 2.09 bits per heavy atom. The zero-order valence-electron chi connectivity index (χ0n) is 10.6. The zero-order valence-corrected chi connectivity index (χ0v) is 14.4. The van der Waals surface area contributed by atoms with E-state index in [9.17, 15) is 5.26 Å². The minimum absolute atomic E-state index is 0.00281. The van der Waals surface area contributed by atoms with Crippen LogP contribution >= 0.6 is 58.0 Å². The lowest BCUT2D eigenvalue weighted by Crippen LogP contribution is -1.98. The van der Waals surface area contributed by atoms with Crippen LogP contribution in [0.15, 0.2) is 12.4 Å². The summed E-state index contributed by atoms with van der Waals surface area (Å²) in [7, 11) is 0. The van der Waals surface area contributed by atoms with Gasteiger partial charge < -0.3 is 0 Å². The van der Waals surface area contributed by atoms with E-state index < -0.39 is 0 Å². The van der Waals surface area contributed by atoms with Crippen molar-refractivity contribution >= 4 is 63.7 Å². The van der Waals surface area contributed by atoms with Gasteiger partial charge in [0.2, 0.25) is 5.69 Å². The van der Waals surface area contributed by atoms with Gasteiger partial charge in [0.1, 0.15) is 0 Å². The van der Waals surface area contributed by atoms with E-state index in [0.29, 0.717) is 21.2 Å². The van der Waals surface area contributed by atoms with Crippen LogP contribution in [0.25, 0.3) is 4.85 Å². The molecule has 0 aliphatic rings. The van der Waals surface area contributed by atoms with E-state index >= 15 is 0 Å². The lowest BCUT2D eigenvalue weighted by molar-refractivity contribution is 1.15. The second-order valence-electron chi connectivity index (χ2n) is 4.13. The van der Waals surface area contributed by atoms with Crippen molar-refractivity contribution < 1.29 is 0 Å². The largest absolute Gasteiger partial charge is 0.262 e. The summed E-state index contributed by atoms with van der Waals surface area (Å²) in [6.45, 7) is 7.09. The van der Waals surface area contributed by atoms with Crippen LogP contribution in [0, 0.1) is 17.9 Å². The number of nitrogens with zero attached hydrogens (tertiary/aromatic N) is 3. The SMILES string of the molecule is [C-]#[N+]c1c(Cl)c(Cl)c(Cc2c(Cl)cncc2Cl)c(C#N)c1Cl. The lowest BCUT2D eigenvalue weighted by Gasteiger charge is -2.14. The number of hydrogen-bond donors (Lipinski definition) is 0. The Balaban J connectivity index is 2.72. The van der Waals surface area contributed by atoms with E-state index in [2.05, 4.69) is 9.83 Å². The summed E-state index contributed by atoms with van der Waals surface area (Å²) in [6, 6.07) is 1.95. The Morgan fingerprint density at radius 2 is 1.59 bits per heavy atom. The highest BCUT2D eigenvalue weighted by Gasteiger charge is 2.22. The van der Waals surface area contributed by atoms with Crippen molar-refractivity contribution in [3.63, 3.8) is 0 Å². The average Bonchev–Trinajstić information content (AvgIpc) is 2.48. The molecule has 3 nitrogen and oxygen atoms in total. The average molecular weight is 391 g/mol. The molecule has 0 bridgehead atoms. The predicted molar refractivity (Wildman–Crippen MR) is 89.5 cm³/mol. The minimum atomic E-state index is -0.0550. The van der Waals surface area contributed by atoms with Gasteiger partial charge in [0.05, 0.1) is 43.3 Å². The van der Waals surface area contributed by atoms with Gasteiger partial charge >= 0.3 is 0 Å². The number of benzene rings is 1. The summed E-state index contributed by atoms with van der Waals surface area (Å²) in [5.41, 5.74) is 0.924. The lowest BCUT2D eigenvalue weighted by atomic mass is 10.00. The number of hydrogen-bond acceptors (Lipinski definition) is 2. The van der Waals surface area contributed by atoms with Crippen molar-refractivity contribution in [1.82, 2.24) is 4.98 Å².